The Morgan fingerprint density at radius 2 is 2.17 bits per heavy atom. The molecule has 1 aromatic rings. The molecule has 3 rings (SSSR count). The van der Waals surface area contributed by atoms with Gasteiger partial charge in [0.15, 0.2) is 0 Å². The van der Waals surface area contributed by atoms with Crippen LogP contribution in [0, 0.1) is 0 Å². The third-order valence-electron chi connectivity index (χ3n) is 4.10. The van der Waals surface area contributed by atoms with Gasteiger partial charge in [0.05, 0.1) is 6.61 Å². The molecule has 0 radical (unpaired) electrons. The van der Waals surface area contributed by atoms with E-state index in [4.69, 9.17) is 10.5 Å². The fourth-order valence-electron chi connectivity index (χ4n) is 3.17. The first-order valence-electron chi connectivity index (χ1n) is 7.02. The fraction of sp³-hybridized carbons (Fsp3) is 0.600. The number of ether oxygens (including phenoxy) is 1. The smallest absolute Gasteiger partial charge is 0.122 e. The lowest BCUT2D eigenvalue weighted by Crippen LogP contribution is -2.44. The summed E-state index contributed by atoms with van der Waals surface area (Å²) in [5, 5.41) is 0. The average Bonchev–Trinajstić information content (AvgIpc) is 2.39. The van der Waals surface area contributed by atoms with Crippen molar-refractivity contribution in [1.29, 1.82) is 0 Å². The van der Waals surface area contributed by atoms with Crippen LogP contribution in [0.2, 0.25) is 0 Å². The molecular weight excluding hydrogens is 224 g/mol. The van der Waals surface area contributed by atoms with Crippen molar-refractivity contribution in [2.75, 3.05) is 26.2 Å². The maximum Gasteiger partial charge on any atom is 0.122 e. The van der Waals surface area contributed by atoms with E-state index in [0.29, 0.717) is 12.0 Å². The van der Waals surface area contributed by atoms with Crippen LogP contribution >= 0.6 is 0 Å². The molecule has 0 amide bonds. The minimum atomic E-state index is 0.369. The molecule has 1 fully saturated rings. The molecule has 1 unspecified atom stereocenters. The van der Waals surface area contributed by atoms with E-state index in [0.717, 1.165) is 31.9 Å². The number of fused-ring (bicyclic) bond motifs is 1. The molecular formula is C15H22N2O. The van der Waals surface area contributed by atoms with E-state index in [1.54, 1.807) is 0 Å². The van der Waals surface area contributed by atoms with Gasteiger partial charge < -0.3 is 15.4 Å². The van der Waals surface area contributed by atoms with Crippen LogP contribution in [-0.2, 0) is 0 Å². The number of hydrogen-bond donors (Lipinski definition) is 1. The van der Waals surface area contributed by atoms with Crippen LogP contribution in [0.3, 0.4) is 0 Å². The summed E-state index contributed by atoms with van der Waals surface area (Å²) in [7, 11) is 0. The van der Waals surface area contributed by atoms with Gasteiger partial charge in [-0.15, -0.1) is 0 Å². The molecule has 0 bridgehead atoms. The van der Waals surface area contributed by atoms with Gasteiger partial charge in [0.25, 0.3) is 0 Å². The SMILES string of the molecule is N[C@@H]1CCCN(CC2CCOc3ccccc32)C1. The molecule has 2 atom stereocenters. The highest BCUT2D eigenvalue weighted by molar-refractivity contribution is 5.37. The molecule has 18 heavy (non-hydrogen) atoms. The van der Waals surface area contributed by atoms with E-state index in [-0.39, 0.29) is 0 Å². The second kappa shape index (κ2) is 5.29. The standard InChI is InChI=1S/C15H22N2O/c16-13-4-3-8-17(11-13)10-12-7-9-18-15-6-2-1-5-14(12)15/h1-2,5-6,12-13H,3-4,7-11,16H2/t12?,13-/m1/s1. The Labute approximate surface area is 109 Å². The van der Waals surface area contributed by atoms with Crippen LogP contribution in [0.15, 0.2) is 24.3 Å². The zero-order chi connectivity index (χ0) is 12.4. The molecule has 3 nitrogen and oxygen atoms in total. The van der Waals surface area contributed by atoms with Crippen molar-refractivity contribution < 1.29 is 4.74 Å². The second-order valence-electron chi connectivity index (χ2n) is 5.53. The van der Waals surface area contributed by atoms with Gasteiger partial charge in [0.2, 0.25) is 0 Å². The molecule has 0 aromatic heterocycles. The van der Waals surface area contributed by atoms with Gasteiger partial charge >= 0.3 is 0 Å². The number of piperidine rings is 1. The van der Waals surface area contributed by atoms with Gasteiger partial charge in [-0.1, -0.05) is 18.2 Å². The molecule has 2 aliphatic rings. The largest absolute Gasteiger partial charge is 0.493 e. The molecule has 2 aliphatic heterocycles. The minimum Gasteiger partial charge on any atom is -0.493 e. The Kier molecular flexibility index (Phi) is 3.52. The first kappa shape index (κ1) is 12.0. The van der Waals surface area contributed by atoms with Gasteiger partial charge in [0, 0.05) is 25.0 Å². The molecule has 0 aliphatic carbocycles. The molecule has 0 saturated carbocycles. The lowest BCUT2D eigenvalue weighted by molar-refractivity contribution is 0.176. The van der Waals surface area contributed by atoms with Crippen molar-refractivity contribution in [2.24, 2.45) is 5.73 Å². The number of hydrogen-bond acceptors (Lipinski definition) is 3. The van der Waals surface area contributed by atoms with Crippen molar-refractivity contribution in [3.05, 3.63) is 29.8 Å². The Hall–Kier alpha value is -1.06. The zero-order valence-corrected chi connectivity index (χ0v) is 10.8. The maximum atomic E-state index is 6.06. The van der Waals surface area contributed by atoms with E-state index < -0.39 is 0 Å². The van der Waals surface area contributed by atoms with Crippen molar-refractivity contribution >= 4 is 0 Å². The predicted octanol–water partition coefficient (Wildman–Crippen LogP) is 1.98. The summed E-state index contributed by atoms with van der Waals surface area (Å²) >= 11 is 0. The zero-order valence-electron chi connectivity index (χ0n) is 10.8. The van der Waals surface area contributed by atoms with Gasteiger partial charge in [-0.3, -0.25) is 0 Å². The summed E-state index contributed by atoms with van der Waals surface area (Å²) in [5.74, 6) is 1.69. The monoisotopic (exact) mass is 246 g/mol. The van der Waals surface area contributed by atoms with Gasteiger partial charge in [-0.05, 0) is 37.4 Å². The Balaban J connectivity index is 1.70. The summed E-state index contributed by atoms with van der Waals surface area (Å²) < 4.78 is 5.72. The highest BCUT2D eigenvalue weighted by Crippen LogP contribution is 2.34. The molecule has 1 saturated heterocycles. The Morgan fingerprint density at radius 1 is 1.28 bits per heavy atom. The molecule has 1 aromatic carbocycles. The van der Waals surface area contributed by atoms with Crippen LogP contribution in [-0.4, -0.2) is 37.2 Å². The summed E-state index contributed by atoms with van der Waals surface area (Å²) in [6, 6.07) is 8.83. The number of benzene rings is 1. The first-order chi connectivity index (χ1) is 8.83. The molecule has 0 spiro atoms. The highest BCUT2D eigenvalue weighted by Gasteiger charge is 2.25. The Morgan fingerprint density at radius 3 is 3.06 bits per heavy atom. The maximum absolute atomic E-state index is 6.06. The van der Waals surface area contributed by atoms with Crippen molar-refractivity contribution in [3.8, 4) is 5.75 Å². The summed E-state index contributed by atoms with van der Waals surface area (Å²) in [6.45, 7) is 4.24. The molecule has 2 heterocycles. The fourth-order valence-corrected chi connectivity index (χ4v) is 3.17. The van der Waals surface area contributed by atoms with E-state index in [1.165, 1.54) is 24.9 Å². The van der Waals surface area contributed by atoms with E-state index in [1.807, 2.05) is 0 Å². The lowest BCUT2D eigenvalue weighted by Gasteiger charge is -2.35. The normalized spacial score (nSPS) is 28.5. The minimum absolute atomic E-state index is 0.369. The van der Waals surface area contributed by atoms with Gasteiger partial charge in [-0.2, -0.15) is 0 Å². The van der Waals surface area contributed by atoms with E-state index >= 15 is 0 Å². The number of nitrogens with two attached hydrogens (primary N) is 1. The number of nitrogens with zero attached hydrogens (tertiary/aromatic N) is 1. The van der Waals surface area contributed by atoms with Crippen LogP contribution in [0.25, 0.3) is 0 Å². The third-order valence-corrected chi connectivity index (χ3v) is 4.10. The number of likely N-dealkylation sites (tertiary alicyclic amines) is 1. The molecule has 2 N–H and O–H groups in total. The van der Waals surface area contributed by atoms with Crippen LogP contribution < -0.4 is 10.5 Å². The van der Waals surface area contributed by atoms with Crippen LogP contribution in [0.4, 0.5) is 0 Å². The van der Waals surface area contributed by atoms with Crippen molar-refractivity contribution in [3.63, 3.8) is 0 Å². The first-order valence-corrected chi connectivity index (χ1v) is 7.02. The molecule has 3 heteroatoms. The number of rotatable bonds is 2. The highest BCUT2D eigenvalue weighted by atomic mass is 16.5. The third kappa shape index (κ3) is 2.52. The summed E-state index contributed by atoms with van der Waals surface area (Å²) in [6.07, 6.45) is 3.55. The van der Waals surface area contributed by atoms with Crippen LogP contribution in [0.1, 0.15) is 30.7 Å². The average molecular weight is 246 g/mol. The second-order valence-corrected chi connectivity index (χ2v) is 5.53. The van der Waals surface area contributed by atoms with Crippen molar-refractivity contribution in [2.45, 2.75) is 31.2 Å². The van der Waals surface area contributed by atoms with E-state index in [2.05, 4.69) is 29.2 Å². The lowest BCUT2D eigenvalue weighted by atomic mass is 9.92. The molecule has 98 valence electrons. The van der Waals surface area contributed by atoms with E-state index in [9.17, 15) is 0 Å². The summed E-state index contributed by atoms with van der Waals surface area (Å²) in [5.41, 5.74) is 7.44. The number of para-hydroxylation sites is 1. The summed E-state index contributed by atoms with van der Waals surface area (Å²) in [4.78, 5) is 2.53. The quantitative estimate of drug-likeness (QED) is 0.867. The van der Waals surface area contributed by atoms with Gasteiger partial charge in [0.1, 0.15) is 5.75 Å². The van der Waals surface area contributed by atoms with Gasteiger partial charge in [-0.25, -0.2) is 0 Å². The topological polar surface area (TPSA) is 38.5 Å². The van der Waals surface area contributed by atoms with Crippen molar-refractivity contribution in [1.82, 2.24) is 4.90 Å². The predicted molar refractivity (Wildman–Crippen MR) is 72.9 cm³/mol. The van der Waals surface area contributed by atoms with Crippen LogP contribution in [0.5, 0.6) is 5.75 Å². The Bertz CT molecular complexity index is 407.